The first-order chi connectivity index (χ1) is 7.33. The zero-order chi connectivity index (χ0) is 11.0. The highest BCUT2D eigenvalue weighted by Crippen LogP contribution is 2.43. The van der Waals surface area contributed by atoms with E-state index >= 15 is 0 Å². The van der Waals surface area contributed by atoms with Gasteiger partial charge in [0.05, 0.1) is 0 Å². The Kier molecular flexibility index (Phi) is 6.26. The Morgan fingerprint density at radius 2 is 1.80 bits per heavy atom. The van der Waals surface area contributed by atoms with Crippen LogP contribution in [0.4, 0.5) is 0 Å². The molecule has 0 atom stereocenters. The average molecular weight is 212 g/mol. The predicted octanol–water partition coefficient (Wildman–Crippen LogP) is 2.55. The van der Waals surface area contributed by atoms with Crippen LogP contribution in [0.3, 0.4) is 0 Å². The molecule has 2 N–H and O–H groups in total. The number of hydrogen-bond donors (Lipinski definition) is 2. The summed E-state index contributed by atoms with van der Waals surface area (Å²) in [5.41, 5.74) is 0.833. The van der Waals surface area contributed by atoms with Crippen molar-refractivity contribution in [1.82, 2.24) is 10.6 Å². The molecule has 0 radical (unpaired) electrons. The molecular weight excluding hydrogens is 184 g/mol. The predicted molar refractivity (Wildman–Crippen MR) is 67.2 cm³/mol. The zero-order valence-corrected chi connectivity index (χ0v) is 10.6. The highest BCUT2D eigenvalue weighted by atomic mass is 15.0. The second kappa shape index (κ2) is 7.24. The largest absolute Gasteiger partial charge is 0.317 e. The molecule has 2 rings (SSSR count). The lowest BCUT2D eigenvalue weighted by atomic mass is 9.65. The zero-order valence-electron chi connectivity index (χ0n) is 10.6. The van der Waals surface area contributed by atoms with E-state index in [0.717, 1.165) is 5.41 Å². The average Bonchev–Trinajstić information content (AvgIpc) is 2.09. The molecule has 0 amide bonds. The fraction of sp³-hybridized carbons (Fsp3) is 1.00. The Morgan fingerprint density at radius 3 is 2.07 bits per heavy atom. The summed E-state index contributed by atoms with van der Waals surface area (Å²) in [7, 11) is 0. The van der Waals surface area contributed by atoms with Crippen molar-refractivity contribution < 1.29 is 0 Å². The van der Waals surface area contributed by atoms with E-state index in [9.17, 15) is 0 Å². The molecule has 0 unspecified atom stereocenters. The third kappa shape index (κ3) is 4.52. The van der Waals surface area contributed by atoms with Crippen molar-refractivity contribution in [2.24, 2.45) is 5.41 Å². The lowest BCUT2D eigenvalue weighted by Gasteiger charge is -2.49. The summed E-state index contributed by atoms with van der Waals surface area (Å²) < 4.78 is 0. The standard InChI is InChI=1S/C7H17N.C6H11N/c1-3-5-7-8-6-4-2;1-2-6(3-1)4-7-5-6/h8H,3-7H2,1-2H3;7H,1-5H2. The Balaban J connectivity index is 0.000000150. The minimum atomic E-state index is 0.833. The van der Waals surface area contributed by atoms with Crippen LogP contribution in [0.5, 0.6) is 0 Å². The second-order valence-corrected chi connectivity index (χ2v) is 5.06. The Hall–Kier alpha value is -0.0800. The summed E-state index contributed by atoms with van der Waals surface area (Å²) in [6.45, 7) is 9.41. The van der Waals surface area contributed by atoms with Gasteiger partial charge < -0.3 is 10.6 Å². The van der Waals surface area contributed by atoms with Gasteiger partial charge in [-0.15, -0.1) is 0 Å². The molecule has 1 aliphatic heterocycles. The van der Waals surface area contributed by atoms with Crippen LogP contribution in [-0.4, -0.2) is 26.2 Å². The molecule has 15 heavy (non-hydrogen) atoms. The van der Waals surface area contributed by atoms with Crippen molar-refractivity contribution in [1.29, 1.82) is 0 Å². The number of rotatable bonds is 5. The van der Waals surface area contributed by atoms with E-state index in [1.54, 1.807) is 0 Å². The molecule has 1 spiro atoms. The van der Waals surface area contributed by atoms with Gasteiger partial charge in [-0.05, 0) is 44.2 Å². The van der Waals surface area contributed by atoms with Gasteiger partial charge in [0.25, 0.3) is 0 Å². The van der Waals surface area contributed by atoms with Gasteiger partial charge in [-0.1, -0.05) is 26.7 Å². The minimum absolute atomic E-state index is 0.833. The Labute approximate surface area is 95.2 Å². The number of hydrogen-bond acceptors (Lipinski definition) is 2. The summed E-state index contributed by atoms with van der Waals surface area (Å²) in [4.78, 5) is 0. The van der Waals surface area contributed by atoms with Gasteiger partial charge in [0.1, 0.15) is 0 Å². The monoisotopic (exact) mass is 212 g/mol. The lowest BCUT2D eigenvalue weighted by molar-refractivity contribution is 0.0603. The molecule has 1 saturated heterocycles. The van der Waals surface area contributed by atoms with Crippen molar-refractivity contribution in [2.45, 2.75) is 52.4 Å². The van der Waals surface area contributed by atoms with Crippen LogP contribution in [0.1, 0.15) is 52.4 Å². The van der Waals surface area contributed by atoms with Gasteiger partial charge in [0, 0.05) is 13.1 Å². The highest BCUT2D eigenvalue weighted by molar-refractivity contribution is 4.97. The van der Waals surface area contributed by atoms with Crippen molar-refractivity contribution in [3.8, 4) is 0 Å². The van der Waals surface area contributed by atoms with E-state index in [1.807, 2.05) is 0 Å². The van der Waals surface area contributed by atoms with Gasteiger partial charge in [0.2, 0.25) is 0 Å². The molecular formula is C13H28N2. The fourth-order valence-corrected chi connectivity index (χ4v) is 2.11. The molecule has 1 saturated carbocycles. The van der Waals surface area contributed by atoms with Crippen LogP contribution >= 0.6 is 0 Å². The summed E-state index contributed by atoms with van der Waals surface area (Å²) in [5, 5.41) is 6.64. The van der Waals surface area contributed by atoms with Crippen LogP contribution in [0.2, 0.25) is 0 Å². The van der Waals surface area contributed by atoms with Crippen molar-refractivity contribution in [2.75, 3.05) is 26.2 Å². The first-order valence-corrected chi connectivity index (χ1v) is 6.74. The molecule has 0 bridgehead atoms. The maximum atomic E-state index is 3.34. The molecule has 2 aliphatic rings. The molecule has 2 nitrogen and oxygen atoms in total. The molecule has 2 fully saturated rings. The third-order valence-electron chi connectivity index (χ3n) is 3.55. The van der Waals surface area contributed by atoms with Crippen molar-refractivity contribution in [3.05, 3.63) is 0 Å². The normalized spacial score (nSPS) is 21.2. The maximum absolute atomic E-state index is 3.34. The van der Waals surface area contributed by atoms with E-state index in [4.69, 9.17) is 0 Å². The number of nitrogens with one attached hydrogen (secondary N) is 2. The van der Waals surface area contributed by atoms with Crippen LogP contribution in [0, 0.1) is 5.41 Å². The SMILES string of the molecule is C1CC2(C1)CNC2.CCCCNCCC. The van der Waals surface area contributed by atoms with Crippen LogP contribution in [0.25, 0.3) is 0 Å². The van der Waals surface area contributed by atoms with Crippen molar-refractivity contribution >= 4 is 0 Å². The molecule has 0 aromatic carbocycles. The highest BCUT2D eigenvalue weighted by Gasteiger charge is 2.41. The molecule has 1 aliphatic carbocycles. The van der Waals surface area contributed by atoms with Crippen molar-refractivity contribution in [3.63, 3.8) is 0 Å². The lowest BCUT2D eigenvalue weighted by Crippen LogP contribution is -2.57. The summed E-state index contributed by atoms with van der Waals surface area (Å²) in [5.74, 6) is 0. The summed E-state index contributed by atoms with van der Waals surface area (Å²) in [6.07, 6.45) is 8.36. The van der Waals surface area contributed by atoms with Crippen LogP contribution < -0.4 is 10.6 Å². The van der Waals surface area contributed by atoms with Gasteiger partial charge in [-0.2, -0.15) is 0 Å². The van der Waals surface area contributed by atoms with Gasteiger partial charge in [-0.3, -0.25) is 0 Å². The van der Waals surface area contributed by atoms with E-state index in [1.165, 1.54) is 64.7 Å². The van der Waals surface area contributed by atoms with Gasteiger partial charge in [-0.25, -0.2) is 0 Å². The van der Waals surface area contributed by atoms with E-state index in [0.29, 0.717) is 0 Å². The summed E-state index contributed by atoms with van der Waals surface area (Å²) >= 11 is 0. The first-order valence-electron chi connectivity index (χ1n) is 6.74. The minimum Gasteiger partial charge on any atom is -0.317 e. The smallest absolute Gasteiger partial charge is 0.00202 e. The topological polar surface area (TPSA) is 24.1 Å². The van der Waals surface area contributed by atoms with E-state index < -0.39 is 0 Å². The van der Waals surface area contributed by atoms with Gasteiger partial charge >= 0.3 is 0 Å². The Bertz CT molecular complexity index is 127. The first kappa shape index (κ1) is 13.0. The van der Waals surface area contributed by atoms with E-state index in [-0.39, 0.29) is 0 Å². The van der Waals surface area contributed by atoms with Gasteiger partial charge in [0.15, 0.2) is 0 Å². The number of unbranched alkanes of at least 4 members (excludes halogenated alkanes) is 1. The summed E-state index contributed by atoms with van der Waals surface area (Å²) in [6, 6.07) is 0. The maximum Gasteiger partial charge on any atom is 0.00202 e. The second-order valence-electron chi connectivity index (χ2n) is 5.06. The molecule has 1 heterocycles. The van der Waals surface area contributed by atoms with Crippen LogP contribution in [0.15, 0.2) is 0 Å². The third-order valence-corrected chi connectivity index (χ3v) is 3.55. The molecule has 0 aromatic rings. The molecule has 90 valence electrons. The fourth-order valence-electron chi connectivity index (χ4n) is 2.11. The molecule has 0 aromatic heterocycles. The quantitative estimate of drug-likeness (QED) is 0.684. The van der Waals surface area contributed by atoms with E-state index in [2.05, 4.69) is 24.5 Å². The Morgan fingerprint density at radius 1 is 1.07 bits per heavy atom. The molecule has 2 heteroatoms. The van der Waals surface area contributed by atoms with Crippen LogP contribution in [-0.2, 0) is 0 Å².